The van der Waals surface area contributed by atoms with Crippen molar-refractivity contribution in [2.75, 3.05) is 5.32 Å². The van der Waals surface area contributed by atoms with Crippen LogP contribution in [0.1, 0.15) is 11.5 Å². The fraction of sp³-hybridized carbons (Fsp3) is 0.133. The molecule has 2 N–H and O–H groups in total. The summed E-state index contributed by atoms with van der Waals surface area (Å²) in [4.78, 5) is 5.07. The first-order chi connectivity index (χ1) is 12.3. The van der Waals surface area contributed by atoms with Crippen LogP contribution in [0.15, 0.2) is 40.2 Å². The van der Waals surface area contributed by atoms with Gasteiger partial charge < -0.3 is 15.2 Å². The van der Waals surface area contributed by atoms with E-state index in [2.05, 4.69) is 20.8 Å². The van der Waals surface area contributed by atoms with Crippen molar-refractivity contribution in [1.82, 2.24) is 15.5 Å². The molecule has 0 aliphatic rings. The number of hydrogen-bond donors (Lipinski definition) is 2. The van der Waals surface area contributed by atoms with Crippen LogP contribution < -0.4 is 10.6 Å². The van der Waals surface area contributed by atoms with E-state index in [-0.39, 0.29) is 22.4 Å². The summed E-state index contributed by atoms with van der Waals surface area (Å²) in [5, 5.41) is 10.9. The Balaban J connectivity index is 1.60. The highest BCUT2D eigenvalue weighted by molar-refractivity contribution is 7.80. The number of hydrogen-bond acceptors (Lipinski definition) is 5. The van der Waals surface area contributed by atoms with Gasteiger partial charge in [-0.3, -0.25) is 0 Å². The Morgan fingerprint density at radius 3 is 2.81 bits per heavy atom. The third-order valence-electron chi connectivity index (χ3n) is 3.14. The molecule has 11 heteroatoms. The molecule has 0 unspecified atom stereocenters. The number of nitrogens with zero attached hydrogens (tertiary/aromatic N) is 2. The molecule has 0 fully saturated rings. The minimum atomic E-state index is -4.55. The van der Waals surface area contributed by atoms with Crippen LogP contribution in [0, 0.1) is 0 Å². The number of rotatable bonds is 4. The van der Waals surface area contributed by atoms with Crippen molar-refractivity contribution < 1.29 is 17.7 Å². The quantitative estimate of drug-likeness (QED) is 0.584. The second kappa shape index (κ2) is 7.60. The summed E-state index contributed by atoms with van der Waals surface area (Å²) in [6.07, 6.45) is -4.55. The molecule has 2 heterocycles. The number of alkyl halides is 3. The predicted octanol–water partition coefficient (Wildman–Crippen LogP) is 4.96. The van der Waals surface area contributed by atoms with E-state index < -0.39 is 11.7 Å². The van der Waals surface area contributed by atoms with E-state index >= 15 is 0 Å². The van der Waals surface area contributed by atoms with Crippen molar-refractivity contribution in [3.8, 4) is 10.7 Å². The van der Waals surface area contributed by atoms with E-state index in [1.54, 1.807) is 0 Å². The molecule has 3 rings (SSSR count). The maximum absolute atomic E-state index is 12.9. The van der Waals surface area contributed by atoms with Crippen LogP contribution in [0.5, 0.6) is 0 Å². The second-order valence-corrected chi connectivity index (χ2v) is 6.75. The zero-order valence-corrected chi connectivity index (χ0v) is 15.2. The first-order valence-electron chi connectivity index (χ1n) is 7.11. The van der Waals surface area contributed by atoms with Gasteiger partial charge in [0.2, 0.25) is 11.7 Å². The fourth-order valence-corrected chi connectivity index (χ4v) is 3.05. The average Bonchev–Trinajstić information content (AvgIpc) is 3.25. The van der Waals surface area contributed by atoms with Gasteiger partial charge in [0.25, 0.3) is 0 Å². The monoisotopic (exact) mass is 418 g/mol. The Morgan fingerprint density at radius 2 is 2.12 bits per heavy atom. The second-order valence-electron chi connectivity index (χ2n) is 4.99. The van der Waals surface area contributed by atoms with Gasteiger partial charge in [0, 0.05) is 5.69 Å². The van der Waals surface area contributed by atoms with Gasteiger partial charge in [-0.2, -0.15) is 18.2 Å². The van der Waals surface area contributed by atoms with Crippen LogP contribution in [0.25, 0.3) is 10.7 Å². The van der Waals surface area contributed by atoms with Crippen LogP contribution in [0.2, 0.25) is 5.02 Å². The number of anilines is 1. The Morgan fingerprint density at radius 1 is 1.31 bits per heavy atom. The van der Waals surface area contributed by atoms with Gasteiger partial charge in [-0.15, -0.1) is 11.3 Å². The minimum absolute atomic E-state index is 0.108. The molecule has 1 aromatic carbocycles. The molecule has 3 aromatic rings. The molecule has 0 spiro atoms. The largest absolute Gasteiger partial charge is 0.417 e. The topological polar surface area (TPSA) is 63.0 Å². The lowest BCUT2D eigenvalue weighted by atomic mass is 10.2. The van der Waals surface area contributed by atoms with Crippen LogP contribution in [0.3, 0.4) is 0 Å². The highest BCUT2D eigenvalue weighted by atomic mass is 35.5. The molecule has 0 radical (unpaired) electrons. The van der Waals surface area contributed by atoms with Crippen molar-refractivity contribution >= 4 is 46.0 Å². The molecule has 0 aliphatic heterocycles. The molecular formula is C15H10ClF3N4OS2. The SMILES string of the molecule is FC(F)(F)c1cc(NC(=S)NCc2nc(-c3cccs3)no2)ccc1Cl. The molecule has 0 bridgehead atoms. The van der Waals surface area contributed by atoms with Gasteiger partial charge in [-0.25, -0.2) is 0 Å². The first-order valence-corrected chi connectivity index (χ1v) is 8.77. The summed E-state index contributed by atoms with van der Waals surface area (Å²) >= 11 is 12.1. The van der Waals surface area contributed by atoms with Crippen molar-refractivity contribution in [2.24, 2.45) is 0 Å². The van der Waals surface area contributed by atoms with E-state index in [1.165, 1.54) is 17.4 Å². The summed E-state index contributed by atoms with van der Waals surface area (Å²) < 4.78 is 43.7. The Kier molecular flexibility index (Phi) is 5.44. The Hall–Kier alpha value is -2.17. The van der Waals surface area contributed by atoms with Gasteiger partial charge in [-0.1, -0.05) is 22.8 Å². The third kappa shape index (κ3) is 4.51. The summed E-state index contributed by atoms with van der Waals surface area (Å²) in [5.74, 6) is 0.757. The molecule has 136 valence electrons. The smallest absolute Gasteiger partial charge is 0.353 e. The third-order valence-corrected chi connectivity index (χ3v) is 4.58. The molecule has 26 heavy (non-hydrogen) atoms. The predicted molar refractivity (Wildman–Crippen MR) is 97.1 cm³/mol. The number of halogens is 4. The number of aromatic nitrogens is 2. The van der Waals surface area contributed by atoms with E-state index in [0.29, 0.717) is 11.7 Å². The van der Waals surface area contributed by atoms with Gasteiger partial charge >= 0.3 is 6.18 Å². The standard InChI is InChI=1S/C15H10ClF3N4OS2/c16-10-4-3-8(6-9(10)15(17,18)19)21-14(25)20-7-12-22-13(23-24-12)11-2-1-5-26-11/h1-6H,7H2,(H2,20,21,25). The van der Waals surface area contributed by atoms with Crippen molar-refractivity contribution in [3.63, 3.8) is 0 Å². The van der Waals surface area contributed by atoms with Gasteiger partial charge in [0.05, 0.1) is 22.0 Å². The Labute approximate surface area is 160 Å². The molecule has 5 nitrogen and oxygen atoms in total. The van der Waals surface area contributed by atoms with E-state index in [1.807, 2.05) is 17.5 Å². The van der Waals surface area contributed by atoms with Crippen LogP contribution in [-0.4, -0.2) is 15.3 Å². The lowest BCUT2D eigenvalue weighted by Crippen LogP contribution is -2.28. The molecule has 0 saturated heterocycles. The first kappa shape index (κ1) is 18.6. The number of nitrogens with one attached hydrogen (secondary N) is 2. The maximum Gasteiger partial charge on any atom is 0.417 e. The molecule has 0 aliphatic carbocycles. The zero-order chi connectivity index (χ0) is 18.7. The lowest BCUT2D eigenvalue weighted by Gasteiger charge is -2.13. The van der Waals surface area contributed by atoms with Crippen molar-refractivity contribution in [1.29, 1.82) is 0 Å². The highest BCUT2D eigenvalue weighted by Gasteiger charge is 2.33. The summed E-state index contributed by atoms with van der Waals surface area (Å²) in [7, 11) is 0. The van der Waals surface area contributed by atoms with Crippen LogP contribution >= 0.6 is 35.2 Å². The zero-order valence-electron chi connectivity index (χ0n) is 12.8. The van der Waals surface area contributed by atoms with E-state index in [4.69, 9.17) is 28.3 Å². The van der Waals surface area contributed by atoms with Crippen LogP contribution in [-0.2, 0) is 12.7 Å². The highest BCUT2D eigenvalue weighted by Crippen LogP contribution is 2.36. The summed E-state index contributed by atoms with van der Waals surface area (Å²) in [6, 6.07) is 7.16. The van der Waals surface area contributed by atoms with Crippen molar-refractivity contribution in [3.05, 3.63) is 52.2 Å². The fourth-order valence-electron chi connectivity index (χ4n) is 1.98. The van der Waals surface area contributed by atoms with Gasteiger partial charge in [0.1, 0.15) is 0 Å². The van der Waals surface area contributed by atoms with Crippen LogP contribution in [0.4, 0.5) is 18.9 Å². The number of thiophene rings is 1. The van der Waals surface area contributed by atoms with E-state index in [0.717, 1.165) is 17.0 Å². The number of benzene rings is 1. The average molecular weight is 419 g/mol. The summed E-state index contributed by atoms with van der Waals surface area (Å²) in [6.45, 7) is 0.129. The van der Waals surface area contributed by atoms with E-state index in [9.17, 15) is 13.2 Å². The van der Waals surface area contributed by atoms with Gasteiger partial charge in [0.15, 0.2) is 5.11 Å². The molecule has 2 aromatic heterocycles. The minimum Gasteiger partial charge on any atom is -0.353 e. The van der Waals surface area contributed by atoms with Crippen molar-refractivity contribution in [2.45, 2.75) is 12.7 Å². The molecule has 0 saturated carbocycles. The number of thiocarbonyl (C=S) groups is 1. The lowest BCUT2D eigenvalue weighted by molar-refractivity contribution is -0.137. The molecular weight excluding hydrogens is 409 g/mol. The Bertz CT molecular complexity index is 912. The maximum atomic E-state index is 12.9. The molecule has 0 amide bonds. The molecule has 0 atom stereocenters. The van der Waals surface area contributed by atoms with Gasteiger partial charge in [-0.05, 0) is 41.9 Å². The normalized spacial score (nSPS) is 11.4. The summed E-state index contributed by atoms with van der Waals surface area (Å²) in [5.41, 5.74) is -0.784.